The van der Waals surface area contributed by atoms with E-state index in [-0.39, 0.29) is 37.4 Å². The number of carbonyl (C=O) groups is 3. The molecule has 2 heterocycles. The molecule has 30 heavy (non-hydrogen) atoms. The number of amides is 2. The predicted molar refractivity (Wildman–Crippen MR) is 98.4 cm³/mol. The van der Waals surface area contributed by atoms with E-state index in [1.807, 2.05) is 13.8 Å². The zero-order chi connectivity index (χ0) is 22.2. The number of ether oxygens (including phenoxy) is 2. The topological polar surface area (TPSA) is 84.9 Å². The van der Waals surface area contributed by atoms with Crippen molar-refractivity contribution in [2.75, 3.05) is 20.3 Å². The molecule has 3 unspecified atom stereocenters. The fourth-order valence-corrected chi connectivity index (χ4v) is 3.90. The molecule has 10 heteroatoms. The SMILES string of the molecule is COc1c(F)cc(C(=O)NC(CC(C)C)C(=O)N2CCC3OCC(=O)C32)c(F)c1F. The lowest BCUT2D eigenvalue weighted by Gasteiger charge is -2.28. The van der Waals surface area contributed by atoms with Crippen LogP contribution in [-0.2, 0) is 14.3 Å². The van der Waals surface area contributed by atoms with E-state index in [1.54, 1.807) is 0 Å². The van der Waals surface area contributed by atoms with Crippen molar-refractivity contribution in [3.8, 4) is 5.75 Å². The third-order valence-corrected chi connectivity index (χ3v) is 5.27. The molecule has 2 aliphatic rings. The maximum Gasteiger partial charge on any atom is 0.255 e. The molecule has 1 aromatic carbocycles. The van der Waals surface area contributed by atoms with Crippen molar-refractivity contribution in [3.63, 3.8) is 0 Å². The van der Waals surface area contributed by atoms with Crippen LogP contribution < -0.4 is 10.1 Å². The number of likely N-dealkylation sites (tertiary alicyclic amines) is 1. The Hall–Kier alpha value is -2.62. The smallest absolute Gasteiger partial charge is 0.255 e. The second kappa shape index (κ2) is 8.63. The number of hydrogen-bond acceptors (Lipinski definition) is 5. The van der Waals surface area contributed by atoms with Crippen molar-refractivity contribution in [2.45, 2.75) is 44.9 Å². The Bertz CT molecular complexity index is 876. The van der Waals surface area contributed by atoms with Crippen LogP contribution in [0.25, 0.3) is 0 Å². The van der Waals surface area contributed by atoms with Crippen molar-refractivity contribution >= 4 is 17.6 Å². The molecule has 2 fully saturated rings. The Morgan fingerprint density at radius 3 is 2.63 bits per heavy atom. The first-order chi connectivity index (χ1) is 14.1. The molecule has 2 amide bonds. The van der Waals surface area contributed by atoms with E-state index in [1.165, 1.54) is 4.90 Å². The lowest BCUT2D eigenvalue weighted by Crippen LogP contribution is -2.52. The normalized spacial score (nSPS) is 21.7. The number of ketones is 1. The molecule has 0 aromatic heterocycles. The quantitative estimate of drug-likeness (QED) is 0.699. The fourth-order valence-electron chi connectivity index (χ4n) is 3.90. The van der Waals surface area contributed by atoms with Crippen molar-refractivity contribution in [1.82, 2.24) is 10.2 Å². The highest BCUT2D eigenvalue weighted by Crippen LogP contribution is 2.29. The van der Waals surface area contributed by atoms with E-state index in [2.05, 4.69) is 10.1 Å². The maximum atomic E-state index is 14.3. The largest absolute Gasteiger partial charge is 0.491 e. The molecule has 0 bridgehead atoms. The van der Waals surface area contributed by atoms with Crippen LogP contribution in [0.1, 0.15) is 37.0 Å². The third-order valence-electron chi connectivity index (χ3n) is 5.27. The van der Waals surface area contributed by atoms with Crippen LogP contribution in [0.15, 0.2) is 6.07 Å². The van der Waals surface area contributed by atoms with Crippen LogP contribution in [-0.4, -0.2) is 60.9 Å². The summed E-state index contributed by atoms with van der Waals surface area (Å²) in [4.78, 5) is 39.1. The van der Waals surface area contributed by atoms with Crippen LogP contribution in [0.4, 0.5) is 13.2 Å². The number of carbonyl (C=O) groups excluding carboxylic acids is 3. The number of hydrogen-bond donors (Lipinski definition) is 1. The number of rotatable bonds is 6. The maximum absolute atomic E-state index is 14.3. The number of Topliss-reactive ketones (excluding diaryl/α,β-unsaturated/α-hetero) is 1. The summed E-state index contributed by atoms with van der Waals surface area (Å²) in [5, 5.41) is 2.37. The van der Waals surface area contributed by atoms with Gasteiger partial charge in [-0.05, 0) is 24.8 Å². The lowest BCUT2D eigenvalue weighted by molar-refractivity contribution is -0.138. The van der Waals surface area contributed by atoms with Gasteiger partial charge < -0.3 is 19.7 Å². The lowest BCUT2D eigenvalue weighted by atomic mass is 10.0. The van der Waals surface area contributed by atoms with Gasteiger partial charge >= 0.3 is 0 Å². The molecular formula is C20H23F3N2O5. The summed E-state index contributed by atoms with van der Waals surface area (Å²) in [6, 6.07) is -1.29. The molecule has 164 valence electrons. The van der Waals surface area contributed by atoms with E-state index >= 15 is 0 Å². The van der Waals surface area contributed by atoms with Crippen LogP contribution in [0.5, 0.6) is 5.75 Å². The van der Waals surface area contributed by atoms with E-state index in [0.29, 0.717) is 12.5 Å². The minimum absolute atomic E-state index is 0.0395. The highest BCUT2D eigenvalue weighted by atomic mass is 19.2. The summed E-state index contributed by atoms with van der Waals surface area (Å²) in [7, 11) is 0.968. The molecule has 0 spiro atoms. The van der Waals surface area contributed by atoms with Crippen LogP contribution >= 0.6 is 0 Å². The summed E-state index contributed by atoms with van der Waals surface area (Å²) in [5.41, 5.74) is -0.882. The van der Waals surface area contributed by atoms with Crippen molar-refractivity contribution in [2.24, 2.45) is 5.92 Å². The average Bonchev–Trinajstić information content (AvgIpc) is 3.26. The highest BCUT2D eigenvalue weighted by molar-refractivity contribution is 5.99. The van der Waals surface area contributed by atoms with Crippen molar-refractivity contribution < 1.29 is 37.0 Å². The van der Waals surface area contributed by atoms with Gasteiger partial charge in [0, 0.05) is 6.54 Å². The van der Waals surface area contributed by atoms with Crippen molar-refractivity contribution in [3.05, 3.63) is 29.1 Å². The first kappa shape index (κ1) is 22.1. The Morgan fingerprint density at radius 1 is 1.30 bits per heavy atom. The van der Waals surface area contributed by atoms with Gasteiger partial charge in [0.25, 0.3) is 5.91 Å². The summed E-state index contributed by atoms with van der Waals surface area (Å²) < 4.78 is 52.0. The number of methoxy groups -OCH3 is 1. The van der Waals surface area contributed by atoms with Crippen LogP contribution in [0.3, 0.4) is 0 Å². The Morgan fingerprint density at radius 2 is 2.00 bits per heavy atom. The molecule has 0 aliphatic carbocycles. The summed E-state index contributed by atoms with van der Waals surface area (Å²) >= 11 is 0. The molecule has 2 saturated heterocycles. The molecule has 0 saturated carbocycles. The van der Waals surface area contributed by atoms with E-state index in [0.717, 1.165) is 7.11 Å². The number of nitrogens with one attached hydrogen (secondary N) is 1. The third kappa shape index (κ3) is 4.00. The van der Waals surface area contributed by atoms with Gasteiger partial charge in [0.05, 0.1) is 18.8 Å². The van der Waals surface area contributed by atoms with Gasteiger partial charge in [-0.2, -0.15) is 4.39 Å². The molecule has 1 aromatic rings. The van der Waals surface area contributed by atoms with E-state index in [4.69, 9.17) is 4.74 Å². The Balaban J connectivity index is 1.84. The second-order valence-electron chi connectivity index (χ2n) is 7.80. The van der Waals surface area contributed by atoms with E-state index in [9.17, 15) is 27.6 Å². The molecule has 7 nitrogen and oxygen atoms in total. The minimum Gasteiger partial charge on any atom is -0.491 e. The van der Waals surface area contributed by atoms with Gasteiger partial charge in [0.1, 0.15) is 18.7 Å². The predicted octanol–water partition coefficient (Wildman–Crippen LogP) is 1.83. The summed E-state index contributed by atoms with van der Waals surface area (Å²) in [5.74, 6) is -7.32. The molecular weight excluding hydrogens is 405 g/mol. The number of nitrogens with zero attached hydrogens (tertiary/aromatic N) is 1. The van der Waals surface area contributed by atoms with Gasteiger partial charge in [-0.15, -0.1) is 0 Å². The van der Waals surface area contributed by atoms with Crippen LogP contribution in [0.2, 0.25) is 0 Å². The van der Waals surface area contributed by atoms with Gasteiger partial charge in [-0.25, -0.2) is 8.78 Å². The number of halogens is 3. The van der Waals surface area contributed by atoms with Gasteiger partial charge in [0.15, 0.2) is 23.2 Å². The summed E-state index contributed by atoms with van der Waals surface area (Å²) in [6.45, 7) is 3.84. The van der Waals surface area contributed by atoms with Gasteiger partial charge in [-0.1, -0.05) is 13.8 Å². The first-order valence-electron chi connectivity index (χ1n) is 9.62. The molecule has 3 atom stereocenters. The molecule has 1 N–H and O–H groups in total. The fraction of sp³-hybridized carbons (Fsp3) is 0.550. The average molecular weight is 428 g/mol. The monoisotopic (exact) mass is 428 g/mol. The van der Waals surface area contributed by atoms with Gasteiger partial charge in [-0.3, -0.25) is 14.4 Å². The highest BCUT2D eigenvalue weighted by Gasteiger charge is 2.48. The zero-order valence-electron chi connectivity index (χ0n) is 16.8. The summed E-state index contributed by atoms with van der Waals surface area (Å²) in [6.07, 6.45) is 0.309. The number of fused-ring (bicyclic) bond motifs is 1. The Labute approximate surface area is 171 Å². The second-order valence-corrected chi connectivity index (χ2v) is 7.80. The standard InChI is InChI=1S/C20H23F3N2O5/c1-9(2)6-12(20(28)25-5-4-14-17(25)13(26)8-30-14)24-19(27)10-7-11(21)18(29-3)16(23)15(10)22/h7,9,12,14,17H,4-6,8H2,1-3H3,(H,24,27). The van der Waals surface area contributed by atoms with Crippen LogP contribution in [0, 0.1) is 23.4 Å². The minimum atomic E-state index is -1.63. The molecule has 3 rings (SSSR count). The Kier molecular flexibility index (Phi) is 6.35. The molecule has 2 aliphatic heterocycles. The van der Waals surface area contributed by atoms with Crippen molar-refractivity contribution in [1.29, 1.82) is 0 Å². The zero-order valence-corrected chi connectivity index (χ0v) is 16.8. The first-order valence-corrected chi connectivity index (χ1v) is 9.62. The van der Waals surface area contributed by atoms with Gasteiger partial charge in [0.2, 0.25) is 11.7 Å². The molecule has 0 radical (unpaired) electrons. The van der Waals surface area contributed by atoms with E-state index < -0.39 is 52.7 Å². The number of benzene rings is 1.